The highest BCUT2D eigenvalue weighted by molar-refractivity contribution is 5.30. The van der Waals surface area contributed by atoms with Crippen LogP contribution in [0.3, 0.4) is 0 Å². The Morgan fingerprint density at radius 3 is 2.60 bits per heavy atom. The first-order valence-electron chi connectivity index (χ1n) is 5.71. The fraction of sp³-hybridized carbons (Fsp3) is 0.667. The maximum absolute atomic E-state index is 6.14. The van der Waals surface area contributed by atoms with Gasteiger partial charge in [-0.05, 0) is 45.1 Å². The molecule has 0 radical (unpaired) electrons. The summed E-state index contributed by atoms with van der Waals surface area (Å²) in [6.07, 6.45) is 7.61. The molecule has 0 bridgehead atoms. The van der Waals surface area contributed by atoms with Gasteiger partial charge in [0, 0.05) is 5.69 Å². The predicted molar refractivity (Wildman–Crippen MR) is 60.5 cm³/mol. The van der Waals surface area contributed by atoms with Crippen LogP contribution in [0.5, 0.6) is 0 Å². The van der Waals surface area contributed by atoms with Crippen molar-refractivity contribution in [3.8, 4) is 0 Å². The number of rotatable bonds is 1. The lowest BCUT2D eigenvalue weighted by Gasteiger charge is -2.22. The highest BCUT2D eigenvalue weighted by Crippen LogP contribution is 2.26. The molecule has 0 saturated heterocycles. The molecule has 3 heteroatoms. The molecule has 82 valence electrons. The minimum absolute atomic E-state index is 0.350. The van der Waals surface area contributed by atoms with Gasteiger partial charge in [-0.3, -0.25) is 0 Å². The normalized spacial score (nSPS) is 17.0. The average Bonchev–Trinajstić information content (AvgIpc) is 2.39. The molecule has 0 amide bonds. The molecule has 0 fully saturated rings. The van der Waals surface area contributed by atoms with Crippen molar-refractivity contribution in [2.75, 3.05) is 0 Å². The van der Waals surface area contributed by atoms with E-state index in [1.54, 1.807) is 6.33 Å². The summed E-state index contributed by atoms with van der Waals surface area (Å²) in [5.41, 5.74) is 9.35. The molecule has 2 N–H and O–H groups in total. The van der Waals surface area contributed by atoms with Gasteiger partial charge in [0.25, 0.3) is 0 Å². The smallest absolute Gasteiger partial charge is 0.116 e. The molecule has 0 aliphatic heterocycles. The van der Waals surface area contributed by atoms with Gasteiger partial charge < -0.3 is 5.73 Å². The van der Waals surface area contributed by atoms with Crippen LogP contribution in [0.15, 0.2) is 6.33 Å². The summed E-state index contributed by atoms with van der Waals surface area (Å²) >= 11 is 0. The summed E-state index contributed by atoms with van der Waals surface area (Å²) in [6.45, 7) is 4.03. The van der Waals surface area contributed by atoms with E-state index in [-0.39, 0.29) is 5.54 Å². The first-order valence-corrected chi connectivity index (χ1v) is 5.71. The summed E-state index contributed by atoms with van der Waals surface area (Å²) in [7, 11) is 0. The molecular formula is C12H19N3. The van der Waals surface area contributed by atoms with Crippen LogP contribution in [-0.2, 0) is 18.4 Å². The number of nitrogens with two attached hydrogens (primary N) is 1. The molecule has 15 heavy (non-hydrogen) atoms. The first kappa shape index (κ1) is 10.6. The number of hydrogen-bond acceptors (Lipinski definition) is 3. The zero-order chi connectivity index (χ0) is 10.9. The Bertz CT molecular complexity index is 352. The van der Waals surface area contributed by atoms with E-state index in [2.05, 4.69) is 9.97 Å². The molecule has 0 unspecified atom stereocenters. The van der Waals surface area contributed by atoms with E-state index < -0.39 is 0 Å². The Morgan fingerprint density at radius 1 is 1.13 bits per heavy atom. The second-order valence-corrected chi connectivity index (χ2v) is 4.93. The Hall–Kier alpha value is -0.960. The molecule has 0 aromatic carbocycles. The van der Waals surface area contributed by atoms with E-state index >= 15 is 0 Å². The van der Waals surface area contributed by atoms with Gasteiger partial charge in [0.1, 0.15) is 6.33 Å². The number of fused-ring (bicyclic) bond motifs is 1. The van der Waals surface area contributed by atoms with E-state index in [9.17, 15) is 0 Å². The third-order valence-electron chi connectivity index (χ3n) is 2.99. The van der Waals surface area contributed by atoms with Crippen molar-refractivity contribution >= 4 is 0 Å². The molecule has 0 saturated carbocycles. The SMILES string of the molecule is CC(C)(N)c1ncnc2c1CCCCC2. The lowest BCUT2D eigenvalue weighted by Crippen LogP contribution is -2.32. The average molecular weight is 205 g/mol. The van der Waals surface area contributed by atoms with E-state index in [0.29, 0.717) is 0 Å². The quantitative estimate of drug-likeness (QED) is 0.713. The highest BCUT2D eigenvalue weighted by atomic mass is 14.9. The lowest BCUT2D eigenvalue weighted by molar-refractivity contribution is 0.523. The fourth-order valence-corrected chi connectivity index (χ4v) is 2.25. The third kappa shape index (κ3) is 2.17. The van der Waals surface area contributed by atoms with Crippen molar-refractivity contribution in [3.05, 3.63) is 23.3 Å². The van der Waals surface area contributed by atoms with Crippen molar-refractivity contribution in [3.63, 3.8) is 0 Å². The van der Waals surface area contributed by atoms with Crippen molar-refractivity contribution < 1.29 is 0 Å². The fourth-order valence-electron chi connectivity index (χ4n) is 2.25. The van der Waals surface area contributed by atoms with E-state index in [0.717, 1.165) is 18.5 Å². The topological polar surface area (TPSA) is 51.8 Å². The minimum atomic E-state index is -0.350. The zero-order valence-corrected chi connectivity index (χ0v) is 9.58. The Labute approximate surface area is 91.1 Å². The standard InChI is InChI=1S/C12H19N3/c1-12(2,13)11-9-6-4-3-5-7-10(9)14-8-15-11/h8H,3-7,13H2,1-2H3. The van der Waals surface area contributed by atoms with Gasteiger partial charge in [0.05, 0.1) is 11.2 Å². The van der Waals surface area contributed by atoms with Crippen LogP contribution < -0.4 is 5.73 Å². The predicted octanol–water partition coefficient (Wildman–Crippen LogP) is 1.94. The van der Waals surface area contributed by atoms with Gasteiger partial charge in [-0.15, -0.1) is 0 Å². The first-order chi connectivity index (χ1) is 7.09. The highest BCUT2D eigenvalue weighted by Gasteiger charge is 2.23. The van der Waals surface area contributed by atoms with Crippen LogP contribution in [0.2, 0.25) is 0 Å². The zero-order valence-electron chi connectivity index (χ0n) is 9.58. The van der Waals surface area contributed by atoms with Gasteiger partial charge >= 0.3 is 0 Å². The number of hydrogen-bond donors (Lipinski definition) is 1. The third-order valence-corrected chi connectivity index (χ3v) is 2.99. The largest absolute Gasteiger partial charge is 0.321 e. The van der Waals surface area contributed by atoms with Crippen LogP contribution in [-0.4, -0.2) is 9.97 Å². The maximum atomic E-state index is 6.14. The Morgan fingerprint density at radius 2 is 1.87 bits per heavy atom. The molecule has 3 nitrogen and oxygen atoms in total. The van der Waals surface area contributed by atoms with Crippen molar-refractivity contribution in [1.82, 2.24) is 9.97 Å². The molecular weight excluding hydrogens is 186 g/mol. The summed E-state index contributed by atoms with van der Waals surface area (Å²) in [6, 6.07) is 0. The van der Waals surface area contributed by atoms with Crippen LogP contribution in [0.1, 0.15) is 50.1 Å². The number of aromatic nitrogens is 2. The second-order valence-electron chi connectivity index (χ2n) is 4.93. The van der Waals surface area contributed by atoms with Crippen LogP contribution >= 0.6 is 0 Å². The molecule has 1 aliphatic rings. The van der Waals surface area contributed by atoms with Gasteiger partial charge in [0.2, 0.25) is 0 Å². The molecule has 1 aromatic rings. The van der Waals surface area contributed by atoms with E-state index in [4.69, 9.17) is 5.73 Å². The van der Waals surface area contributed by atoms with Crippen LogP contribution in [0, 0.1) is 0 Å². The monoisotopic (exact) mass is 205 g/mol. The summed E-state index contributed by atoms with van der Waals surface area (Å²) in [4.78, 5) is 8.76. The molecule has 0 spiro atoms. The van der Waals surface area contributed by atoms with E-state index in [1.165, 1.54) is 30.5 Å². The minimum Gasteiger partial charge on any atom is -0.321 e. The number of aryl methyl sites for hydroxylation is 1. The molecule has 1 heterocycles. The summed E-state index contributed by atoms with van der Waals surface area (Å²) < 4.78 is 0. The Kier molecular flexibility index (Phi) is 2.74. The van der Waals surface area contributed by atoms with Crippen LogP contribution in [0.4, 0.5) is 0 Å². The molecule has 1 aliphatic carbocycles. The van der Waals surface area contributed by atoms with Crippen molar-refractivity contribution in [2.45, 2.75) is 51.5 Å². The van der Waals surface area contributed by atoms with Gasteiger partial charge in [-0.25, -0.2) is 9.97 Å². The summed E-state index contributed by atoms with van der Waals surface area (Å²) in [5, 5.41) is 0. The molecule has 2 rings (SSSR count). The van der Waals surface area contributed by atoms with Gasteiger partial charge in [0.15, 0.2) is 0 Å². The number of nitrogens with zero attached hydrogens (tertiary/aromatic N) is 2. The van der Waals surface area contributed by atoms with Crippen LogP contribution in [0.25, 0.3) is 0 Å². The van der Waals surface area contributed by atoms with Crippen molar-refractivity contribution in [2.24, 2.45) is 5.73 Å². The summed E-state index contributed by atoms with van der Waals surface area (Å²) in [5.74, 6) is 0. The molecule has 1 aromatic heterocycles. The Balaban J connectivity index is 2.48. The molecule has 0 atom stereocenters. The maximum Gasteiger partial charge on any atom is 0.116 e. The van der Waals surface area contributed by atoms with Crippen molar-refractivity contribution in [1.29, 1.82) is 0 Å². The second kappa shape index (κ2) is 3.89. The van der Waals surface area contributed by atoms with E-state index in [1.807, 2.05) is 13.8 Å². The lowest BCUT2D eigenvalue weighted by atomic mass is 9.93. The van der Waals surface area contributed by atoms with Gasteiger partial charge in [-0.1, -0.05) is 6.42 Å². The van der Waals surface area contributed by atoms with Gasteiger partial charge in [-0.2, -0.15) is 0 Å².